The molecule has 1 aromatic rings. The Morgan fingerprint density at radius 1 is 1.20 bits per heavy atom. The average molecular weight is 222 g/mol. The lowest BCUT2D eigenvalue weighted by atomic mass is 10.2. The van der Waals surface area contributed by atoms with Crippen molar-refractivity contribution in [3.05, 3.63) is 48.6 Å². The minimum atomic E-state index is -0.378. The molecule has 0 bridgehead atoms. The van der Waals surface area contributed by atoms with Gasteiger partial charge in [0.25, 0.3) is 0 Å². The van der Waals surface area contributed by atoms with E-state index in [1.165, 1.54) is 5.56 Å². The zero-order chi connectivity index (χ0) is 10.8. The molecular weight excluding hydrogens is 204 g/mol. The van der Waals surface area contributed by atoms with Gasteiger partial charge in [-0.1, -0.05) is 36.4 Å². The summed E-state index contributed by atoms with van der Waals surface area (Å²) in [7, 11) is -0.378. The van der Waals surface area contributed by atoms with Crippen LogP contribution in [0.25, 0.3) is 0 Å². The molecule has 1 rings (SSSR count). The summed E-state index contributed by atoms with van der Waals surface area (Å²) in [6, 6.07) is 11.2. The molecular formula is C12H18O2Si. The molecule has 0 heterocycles. The fourth-order valence-electron chi connectivity index (χ4n) is 1.15. The Hall–Kier alpha value is -0.903. The van der Waals surface area contributed by atoms with E-state index in [2.05, 4.69) is 18.7 Å². The van der Waals surface area contributed by atoms with E-state index in [9.17, 15) is 0 Å². The molecule has 3 heteroatoms. The average Bonchev–Trinajstić information content (AvgIpc) is 2.29. The number of hydrogen-bond donors (Lipinski definition) is 0. The number of rotatable bonds is 8. The van der Waals surface area contributed by atoms with E-state index < -0.39 is 0 Å². The first kappa shape index (κ1) is 12.2. The Labute approximate surface area is 93.9 Å². The molecule has 0 N–H and O–H groups in total. The highest BCUT2D eigenvalue weighted by Crippen LogP contribution is 1.99. The first-order valence-electron chi connectivity index (χ1n) is 5.24. The van der Waals surface area contributed by atoms with Crippen molar-refractivity contribution in [3.63, 3.8) is 0 Å². The summed E-state index contributed by atoms with van der Waals surface area (Å²) in [4.78, 5) is 0. The highest BCUT2D eigenvalue weighted by atomic mass is 28.2. The van der Waals surface area contributed by atoms with E-state index in [0.717, 1.165) is 6.04 Å². The highest BCUT2D eigenvalue weighted by Gasteiger charge is 1.91. The van der Waals surface area contributed by atoms with Gasteiger partial charge in [-0.25, -0.2) is 0 Å². The largest absolute Gasteiger partial charge is 0.421 e. The maximum absolute atomic E-state index is 5.47. The molecule has 0 aliphatic carbocycles. The van der Waals surface area contributed by atoms with Crippen LogP contribution in [-0.4, -0.2) is 23.0 Å². The second-order valence-corrected chi connectivity index (χ2v) is 4.62. The smallest absolute Gasteiger partial charge is 0.165 e. The Morgan fingerprint density at radius 2 is 2.00 bits per heavy atom. The zero-order valence-electron chi connectivity index (χ0n) is 9.02. The van der Waals surface area contributed by atoms with Crippen molar-refractivity contribution >= 4 is 9.76 Å². The van der Waals surface area contributed by atoms with Gasteiger partial charge in [-0.3, -0.25) is 0 Å². The van der Waals surface area contributed by atoms with Crippen LogP contribution in [0.4, 0.5) is 0 Å². The maximum Gasteiger partial charge on any atom is 0.165 e. The number of hydrogen-bond acceptors (Lipinski definition) is 2. The second kappa shape index (κ2) is 8.41. The van der Waals surface area contributed by atoms with Gasteiger partial charge in [0.15, 0.2) is 9.76 Å². The number of allylic oxidation sites excluding steroid dienone is 1. The van der Waals surface area contributed by atoms with Gasteiger partial charge in [0.2, 0.25) is 0 Å². The van der Waals surface area contributed by atoms with Gasteiger partial charge in [0.05, 0.1) is 19.8 Å². The fraction of sp³-hybridized carbons (Fsp3) is 0.333. The van der Waals surface area contributed by atoms with Gasteiger partial charge in [-0.2, -0.15) is 0 Å². The van der Waals surface area contributed by atoms with Crippen LogP contribution in [0.1, 0.15) is 5.56 Å². The SMILES string of the molecule is C=CC[SiH2]OCCOCc1ccccc1. The topological polar surface area (TPSA) is 18.5 Å². The Morgan fingerprint density at radius 3 is 2.73 bits per heavy atom. The molecule has 2 nitrogen and oxygen atoms in total. The van der Waals surface area contributed by atoms with Gasteiger partial charge >= 0.3 is 0 Å². The molecule has 0 fully saturated rings. The van der Waals surface area contributed by atoms with Crippen molar-refractivity contribution in [1.29, 1.82) is 0 Å². The standard InChI is InChI=1S/C12H18O2Si/c1-2-10-15-14-9-8-13-11-12-6-4-3-5-7-12/h2-7H,1,8-11,15H2. The third-order valence-electron chi connectivity index (χ3n) is 1.95. The molecule has 0 saturated heterocycles. The summed E-state index contributed by atoms with van der Waals surface area (Å²) in [5.74, 6) is 0. The van der Waals surface area contributed by atoms with Crippen LogP contribution in [0.3, 0.4) is 0 Å². The number of benzene rings is 1. The first-order chi connectivity index (χ1) is 7.43. The van der Waals surface area contributed by atoms with Gasteiger partial charge in [-0.05, 0) is 11.6 Å². The van der Waals surface area contributed by atoms with Crippen molar-refractivity contribution < 1.29 is 9.16 Å². The lowest BCUT2D eigenvalue weighted by molar-refractivity contribution is 0.0903. The Balaban J connectivity index is 1.95. The summed E-state index contributed by atoms with van der Waals surface area (Å²) in [6.07, 6.45) is 1.91. The van der Waals surface area contributed by atoms with E-state index in [4.69, 9.17) is 9.16 Å². The minimum absolute atomic E-state index is 0.378. The lowest BCUT2D eigenvalue weighted by Crippen LogP contribution is -2.06. The molecule has 0 atom stereocenters. The molecule has 1 aromatic carbocycles. The van der Waals surface area contributed by atoms with Crippen LogP contribution in [0.2, 0.25) is 6.04 Å². The molecule has 15 heavy (non-hydrogen) atoms. The predicted octanol–water partition coefficient (Wildman–Crippen LogP) is 1.91. The van der Waals surface area contributed by atoms with Crippen LogP contribution in [0, 0.1) is 0 Å². The van der Waals surface area contributed by atoms with E-state index in [1.54, 1.807) is 0 Å². The summed E-state index contributed by atoms with van der Waals surface area (Å²) >= 11 is 0. The monoisotopic (exact) mass is 222 g/mol. The molecule has 0 aromatic heterocycles. The molecule has 0 saturated carbocycles. The maximum atomic E-state index is 5.47. The molecule has 0 spiro atoms. The van der Waals surface area contributed by atoms with Crippen molar-refractivity contribution in [1.82, 2.24) is 0 Å². The van der Waals surface area contributed by atoms with Gasteiger partial charge < -0.3 is 9.16 Å². The van der Waals surface area contributed by atoms with Gasteiger partial charge in [0.1, 0.15) is 0 Å². The normalized spacial score (nSPS) is 10.9. The fourth-order valence-corrected chi connectivity index (χ4v) is 1.81. The Bertz CT molecular complexity index is 262. The summed E-state index contributed by atoms with van der Waals surface area (Å²) in [5, 5.41) is 0. The second-order valence-electron chi connectivity index (χ2n) is 3.23. The molecule has 0 aliphatic heterocycles. The van der Waals surface area contributed by atoms with E-state index >= 15 is 0 Å². The molecule has 0 amide bonds. The van der Waals surface area contributed by atoms with E-state index in [0.29, 0.717) is 19.8 Å². The van der Waals surface area contributed by atoms with Crippen LogP contribution in [0.5, 0.6) is 0 Å². The highest BCUT2D eigenvalue weighted by molar-refractivity contribution is 6.27. The zero-order valence-corrected chi connectivity index (χ0v) is 10.4. The van der Waals surface area contributed by atoms with Gasteiger partial charge in [-0.15, -0.1) is 6.58 Å². The summed E-state index contributed by atoms with van der Waals surface area (Å²) in [5.41, 5.74) is 1.21. The van der Waals surface area contributed by atoms with Crippen LogP contribution in [0.15, 0.2) is 43.0 Å². The third-order valence-corrected chi connectivity index (χ3v) is 3.17. The van der Waals surface area contributed by atoms with Crippen molar-refractivity contribution in [2.24, 2.45) is 0 Å². The van der Waals surface area contributed by atoms with Crippen molar-refractivity contribution in [3.8, 4) is 0 Å². The quantitative estimate of drug-likeness (QED) is 0.380. The molecule has 82 valence electrons. The van der Waals surface area contributed by atoms with Crippen LogP contribution < -0.4 is 0 Å². The first-order valence-corrected chi connectivity index (χ1v) is 6.81. The number of ether oxygens (including phenoxy) is 1. The third kappa shape index (κ3) is 6.22. The molecule has 0 radical (unpaired) electrons. The van der Waals surface area contributed by atoms with Crippen molar-refractivity contribution in [2.45, 2.75) is 12.7 Å². The summed E-state index contributed by atoms with van der Waals surface area (Å²) < 4.78 is 10.9. The van der Waals surface area contributed by atoms with E-state index in [1.807, 2.05) is 24.3 Å². The minimum Gasteiger partial charge on any atom is -0.421 e. The Kier molecular flexibility index (Phi) is 6.82. The lowest BCUT2D eigenvalue weighted by Gasteiger charge is -2.04. The van der Waals surface area contributed by atoms with Crippen LogP contribution in [-0.2, 0) is 15.8 Å². The van der Waals surface area contributed by atoms with Gasteiger partial charge in [0, 0.05) is 0 Å². The van der Waals surface area contributed by atoms with Crippen LogP contribution >= 0.6 is 0 Å². The molecule has 0 unspecified atom stereocenters. The van der Waals surface area contributed by atoms with E-state index in [-0.39, 0.29) is 9.76 Å². The predicted molar refractivity (Wildman–Crippen MR) is 65.6 cm³/mol. The van der Waals surface area contributed by atoms with Crippen molar-refractivity contribution in [2.75, 3.05) is 13.2 Å². The molecule has 0 aliphatic rings. The summed E-state index contributed by atoms with van der Waals surface area (Å²) in [6.45, 7) is 5.73.